The van der Waals surface area contributed by atoms with Crippen LogP contribution in [-0.4, -0.2) is 41.4 Å². The van der Waals surface area contributed by atoms with Crippen LogP contribution >= 0.6 is 0 Å². The average Bonchev–Trinajstić information content (AvgIpc) is 2.36. The first-order chi connectivity index (χ1) is 8.86. The molecule has 0 fully saturated rings. The zero-order valence-electron chi connectivity index (χ0n) is 11.5. The molecule has 104 valence electrons. The van der Waals surface area contributed by atoms with Gasteiger partial charge in [-0.3, -0.25) is 14.9 Å². The van der Waals surface area contributed by atoms with Gasteiger partial charge in [0.05, 0.1) is 4.92 Å². The van der Waals surface area contributed by atoms with Crippen molar-refractivity contribution in [2.75, 3.05) is 26.0 Å². The number of aromatic nitrogens is 1. The minimum absolute atomic E-state index is 0.0486. The van der Waals surface area contributed by atoms with Gasteiger partial charge in [-0.05, 0) is 5.92 Å². The molecule has 0 unspecified atom stereocenters. The van der Waals surface area contributed by atoms with Crippen molar-refractivity contribution in [3.63, 3.8) is 0 Å². The van der Waals surface area contributed by atoms with Crippen LogP contribution in [0.25, 0.3) is 0 Å². The molecule has 0 saturated carbocycles. The van der Waals surface area contributed by atoms with Crippen molar-refractivity contribution >= 4 is 17.4 Å². The zero-order chi connectivity index (χ0) is 14.6. The predicted molar refractivity (Wildman–Crippen MR) is 72.2 cm³/mol. The maximum atomic E-state index is 12.2. The van der Waals surface area contributed by atoms with Crippen molar-refractivity contribution < 1.29 is 9.72 Å². The van der Waals surface area contributed by atoms with Crippen LogP contribution in [0.15, 0.2) is 12.3 Å². The smallest absolute Gasteiger partial charge is 0.300 e. The highest BCUT2D eigenvalue weighted by Crippen LogP contribution is 2.21. The van der Waals surface area contributed by atoms with Crippen LogP contribution in [-0.2, 0) is 0 Å². The molecule has 7 nitrogen and oxygen atoms in total. The number of nitrogens with zero attached hydrogens (tertiary/aromatic N) is 3. The molecule has 0 spiro atoms. The van der Waals surface area contributed by atoms with Crippen molar-refractivity contribution in [2.24, 2.45) is 5.92 Å². The van der Waals surface area contributed by atoms with E-state index in [9.17, 15) is 14.9 Å². The second-order valence-corrected chi connectivity index (χ2v) is 4.67. The summed E-state index contributed by atoms with van der Waals surface area (Å²) in [5, 5.41) is 13.7. The van der Waals surface area contributed by atoms with Crippen molar-refractivity contribution in [1.82, 2.24) is 9.88 Å². The monoisotopic (exact) mass is 266 g/mol. The molecular formula is C12H18N4O3. The lowest BCUT2D eigenvalue weighted by Crippen LogP contribution is -2.30. The highest BCUT2D eigenvalue weighted by atomic mass is 16.6. The molecule has 0 atom stereocenters. The minimum Gasteiger partial charge on any atom is -0.373 e. The average molecular weight is 266 g/mol. The van der Waals surface area contributed by atoms with Gasteiger partial charge in [0.15, 0.2) is 0 Å². The van der Waals surface area contributed by atoms with E-state index in [-0.39, 0.29) is 17.2 Å². The summed E-state index contributed by atoms with van der Waals surface area (Å²) in [5.74, 6) is 0.338. The summed E-state index contributed by atoms with van der Waals surface area (Å²) in [6.07, 6.45) is 1.10. The standard InChI is InChI=1S/C12H18N4O3/c1-8(2)7-15(4)12(17)9-5-11(13-3)14-6-10(9)16(18)19/h5-6,8H,7H2,1-4H3,(H,13,14). The van der Waals surface area contributed by atoms with E-state index >= 15 is 0 Å². The molecule has 1 aromatic heterocycles. The van der Waals surface area contributed by atoms with E-state index in [1.54, 1.807) is 14.1 Å². The van der Waals surface area contributed by atoms with Crippen LogP contribution in [0.3, 0.4) is 0 Å². The lowest BCUT2D eigenvalue weighted by Gasteiger charge is -2.19. The summed E-state index contributed by atoms with van der Waals surface area (Å²) in [5.41, 5.74) is -0.230. The SMILES string of the molecule is CNc1cc(C(=O)N(C)CC(C)C)c([N+](=O)[O-])cn1. The Hall–Kier alpha value is -2.18. The van der Waals surface area contributed by atoms with Crippen LogP contribution in [0.4, 0.5) is 11.5 Å². The van der Waals surface area contributed by atoms with E-state index in [2.05, 4.69) is 10.3 Å². The molecule has 0 saturated heterocycles. The van der Waals surface area contributed by atoms with Gasteiger partial charge >= 0.3 is 0 Å². The minimum atomic E-state index is -0.594. The zero-order valence-corrected chi connectivity index (χ0v) is 11.5. The van der Waals surface area contributed by atoms with Gasteiger partial charge in [-0.15, -0.1) is 0 Å². The number of carbonyl (C=O) groups is 1. The van der Waals surface area contributed by atoms with Gasteiger partial charge in [-0.2, -0.15) is 0 Å². The maximum Gasteiger partial charge on any atom is 0.300 e. The van der Waals surface area contributed by atoms with E-state index in [0.29, 0.717) is 18.3 Å². The first-order valence-electron chi connectivity index (χ1n) is 5.94. The summed E-state index contributed by atoms with van der Waals surface area (Å²) in [6.45, 7) is 4.49. The van der Waals surface area contributed by atoms with Gasteiger partial charge in [0.1, 0.15) is 17.6 Å². The van der Waals surface area contributed by atoms with E-state index in [4.69, 9.17) is 0 Å². The molecule has 1 amide bonds. The Balaban J connectivity index is 3.15. The molecule has 0 bridgehead atoms. The molecule has 1 aromatic rings. The van der Waals surface area contributed by atoms with Crippen molar-refractivity contribution in [3.05, 3.63) is 27.9 Å². The van der Waals surface area contributed by atoms with Crippen LogP contribution in [0, 0.1) is 16.0 Å². The number of nitrogens with one attached hydrogen (secondary N) is 1. The van der Waals surface area contributed by atoms with Gasteiger partial charge < -0.3 is 10.2 Å². The van der Waals surface area contributed by atoms with E-state index in [0.717, 1.165) is 6.20 Å². The summed E-state index contributed by atoms with van der Waals surface area (Å²) in [6, 6.07) is 1.40. The molecule has 19 heavy (non-hydrogen) atoms. The summed E-state index contributed by atoms with van der Waals surface area (Å²) in [4.78, 5) is 27.9. The third-order valence-corrected chi connectivity index (χ3v) is 2.55. The number of carbonyl (C=O) groups excluding carboxylic acids is 1. The van der Waals surface area contributed by atoms with Crippen LogP contribution in [0.2, 0.25) is 0 Å². The second kappa shape index (κ2) is 6.12. The number of nitro groups is 1. The number of pyridine rings is 1. The molecule has 0 aliphatic heterocycles. The van der Waals surface area contributed by atoms with E-state index in [1.165, 1.54) is 11.0 Å². The molecule has 1 N–H and O–H groups in total. The molecular weight excluding hydrogens is 248 g/mol. The summed E-state index contributed by atoms with van der Waals surface area (Å²) in [7, 11) is 3.27. The molecule has 1 rings (SSSR count). The number of amides is 1. The fourth-order valence-corrected chi connectivity index (χ4v) is 1.74. The van der Waals surface area contributed by atoms with Crippen LogP contribution in [0.5, 0.6) is 0 Å². The number of hydrogen-bond donors (Lipinski definition) is 1. The van der Waals surface area contributed by atoms with E-state index in [1.807, 2.05) is 13.8 Å². The van der Waals surface area contributed by atoms with Crippen molar-refractivity contribution in [3.8, 4) is 0 Å². The molecule has 0 aliphatic carbocycles. The third kappa shape index (κ3) is 3.64. The fourth-order valence-electron chi connectivity index (χ4n) is 1.74. The lowest BCUT2D eigenvalue weighted by molar-refractivity contribution is -0.385. The number of rotatable bonds is 5. The van der Waals surface area contributed by atoms with Gasteiger partial charge in [0, 0.05) is 26.7 Å². The quantitative estimate of drug-likeness (QED) is 0.648. The number of hydrogen-bond acceptors (Lipinski definition) is 5. The lowest BCUT2D eigenvalue weighted by atomic mass is 10.1. The van der Waals surface area contributed by atoms with Gasteiger partial charge in [0.25, 0.3) is 11.6 Å². The normalized spacial score (nSPS) is 10.4. The topological polar surface area (TPSA) is 88.4 Å². The Morgan fingerprint density at radius 1 is 1.58 bits per heavy atom. The highest BCUT2D eigenvalue weighted by molar-refractivity contribution is 5.98. The Morgan fingerprint density at radius 3 is 2.68 bits per heavy atom. The molecule has 0 aliphatic rings. The largest absolute Gasteiger partial charge is 0.373 e. The Bertz CT molecular complexity index is 488. The van der Waals surface area contributed by atoms with Gasteiger partial charge in [0.2, 0.25) is 0 Å². The molecule has 1 heterocycles. The first-order valence-corrected chi connectivity index (χ1v) is 5.94. The van der Waals surface area contributed by atoms with Crippen molar-refractivity contribution in [2.45, 2.75) is 13.8 Å². The Morgan fingerprint density at radius 2 is 2.21 bits per heavy atom. The van der Waals surface area contributed by atoms with Gasteiger partial charge in [-0.1, -0.05) is 13.8 Å². The Kier molecular flexibility index (Phi) is 4.80. The second-order valence-electron chi connectivity index (χ2n) is 4.67. The highest BCUT2D eigenvalue weighted by Gasteiger charge is 2.24. The van der Waals surface area contributed by atoms with Crippen molar-refractivity contribution in [1.29, 1.82) is 0 Å². The predicted octanol–water partition coefficient (Wildman–Crippen LogP) is 1.76. The van der Waals surface area contributed by atoms with Gasteiger partial charge in [-0.25, -0.2) is 4.98 Å². The third-order valence-electron chi connectivity index (χ3n) is 2.55. The first kappa shape index (κ1) is 14.9. The van der Waals surface area contributed by atoms with Crippen LogP contribution in [0.1, 0.15) is 24.2 Å². The molecule has 7 heteroatoms. The number of anilines is 1. The van der Waals surface area contributed by atoms with E-state index < -0.39 is 4.92 Å². The molecule has 0 aromatic carbocycles. The maximum absolute atomic E-state index is 12.2. The Labute approximate surface area is 111 Å². The summed E-state index contributed by atoms with van der Waals surface area (Å²) >= 11 is 0. The summed E-state index contributed by atoms with van der Waals surface area (Å²) < 4.78 is 0. The fraction of sp³-hybridized carbons (Fsp3) is 0.500. The van der Waals surface area contributed by atoms with Crippen LogP contribution < -0.4 is 5.32 Å². The molecule has 0 radical (unpaired) electrons.